The molecule has 3 heteroatoms. The van der Waals surface area contributed by atoms with E-state index < -0.39 is 0 Å². The Labute approximate surface area is 99.1 Å². The van der Waals surface area contributed by atoms with Gasteiger partial charge in [-0.15, -0.1) is 0 Å². The van der Waals surface area contributed by atoms with Crippen LogP contribution >= 0.6 is 15.9 Å². The lowest BCUT2D eigenvalue weighted by molar-refractivity contribution is 0.184. The van der Waals surface area contributed by atoms with Crippen molar-refractivity contribution < 1.29 is 4.74 Å². The Morgan fingerprint density at radius 1 is 1.53 bits per heavy atom. The number of rotatable bonds is 3. The maximum Gasteiger partial charge on any atom is 0.0715 e. The van der Waals surface area contributed by atoms with E-state index >= 15 is 0 Å². The molecular weight excluding hydrogens is 254 g/mol. The van der Waals surface area contributed by atoms with E-state index in [1.165, 1.54) is 17.5 Å². The van der Waals surface area contributed by atoms with Crippen LogP contribution < -0.4 is 5.32 Å². The molecule has 1 atom stereocenters. The van der Waals surface area contributed by atoms with Gasteiger partial charge in [0.25, 0.3) is 0 Å². The van der Waals surface area contributed by atoms with Crippen LogP contribution in [0.5, 0.6) is 0 Å². The molecule has 15 heavy (non-hydrogen) atoms. The lowest BCUT2D eigenvalue weighted by Crippen LogP contribution is -2.09. The van der Waals surface area contributed by atoms with Crippen LogP contribution in [-0.2, 0) is 11.3 Å². The molecule has 1 fully saturated rings. The van der Waals surface area contributed by atoms with Gasteiger partial charge in [0.05, 0.1) is 6.61 Å². The van der Waals surface area contributed by atoms with Crippen molar-refractivity contribution in [3.05, 3.63) is 33.8 Å². The summed E-state index contributed by atoms with van der Waals surface area (Å²) in [6.45, 7) is 2.93. The van der Waals surface area contributed by atoms with Crippen molar-refractivity contribution in [1.82, 2.24) is 5.32 Å². The van der Waals surface area contributed by atoms with Crippen LogP contribution in [0, 0.1) is 0 Å². The first-order chi connectivity index (χ1) is 7.31. The van der Waals surface area contributed by atoms with Crippen molar-refractivity contribution in [3.63, 3.8) is 0 Å². The number of hydrogen-bond acceptors (Lipinski definition) is 2. The monoisotopic (exact) mass is 269 g/mol. The molecule has 2 nitrogen and oxygen atoms in total. The third-order valence-corrected chi connectivity index (χ3v) is 3.40. The Kier molecular flexibility index (Phi) is 3.78. The summed E-state index contributed by atoms with van der Waals surface area (Å²) in [5, 5.41) is 3.40. The quantitative estimate of drug-likeness (QED) is 0.911. The highest BCUT2D eigenvalue weighted by molar-refractivity contribution is 9.10. The van der Waals surface area contributed by atoms with Crippen LogP contribution in [0.1, 0.15) is 23.5 Å². The van der Waals surface area contributed by atoms with E-state index in [0.29, 0.717) is 12.5 Å². The molecule has 0 spiro atoms. The average Bonchev–Trinajstić information content (AvgIpc) is 2.74. The highest BCUT2D eigenvalue weighted by atomic mass is 79.9. The first kappa shape index (κ1) is 11.1. The molecule has 1 saturated heterocycles. The van der Waals surface area contributed by atoms with Gasteiger partial charge in [0.2, 0.25) is 0 Å². The van der Waals surface area contributed by atoms with E-state index in [2.05, 4.69) is 39.4 Å². The number of ether oxygens (including phenoxy) is 1. The fourth-order valence-electron chi connectivity index (χ4n) is 2.15. The van der Waals surface area contributed by atoms with Crippen molar-refractivity contribution in [3.8, 4) is 0 Å². The van der Waals surface area contributed by atoms with Gasteiger partial charge in [0, 0.05) is 18.1 Å². The zero-order chi connectivity index (χ0) is 10.7. The Morgan fingerprint density at radius 3 is 3.07 bits per heavy atom. The molecule has 2 rings (SSSR count). The molecule has 0 amide bonds. The van der Waals surface area contributed by atoms with Crippen molar-refractivity contribution in [2.24, 2.45) is 0 Å². The second kappa shape index (κ2) is 5.10. The van der Waals surface area contributed by atoms with E-state index in [1.807, 2.05) is 0 Å². The molecule has 0 aromatic heterocycles. The molecule has 1 unspecified atom stereocenters. The van der Waals surface area contributed by atoms with Crippen LogP contribution in [-0.4, -0.2) is 20.2 Å². The number of halogens is 1. The Morgan fingerprint density at radius 2 is 2.40 bits per heavy atom. The van der Waals surface area contributed by atoms with E-state index in [9.17, 15) is 0 Å². The summed E-state index contributed by atoms with van der Waals surface area (Å²) in [4.78, 5) is 0. The number of benzene rings is 1. The molecule has 0 saturated carbocycles. The van der Waals surface area contributed by atoms with Gasteiger partial charge < -0.3 is 10.1 Å². The Hall–Kier alpha value is -0.380. The molecule has 1 aromatic carbocycles. The van der Waals surface area contributed by atoms with E-state index in [0.717, 1.165) is 17.6 Å². The predicted molar refractivity (Wildman–Crippen MR) is 65.1 cm³/mol. The fraction of sp³-hybridized carbons (Fsp3) is 0.500. The minimum Gasteiger partial charge on any atom is -0.380 e. The third kappa shape index (κ3) is 2.60. The molecule has 0 bridgehead atoms. The van der Waals surface area contributed by atoms with Crippen molar-refractivity contribution >= 4 is 15.9 Å². The summed E-state index contributed by atoms with van der Waals surface area (Å²) in [5.41, 5.74) is 2.74. The SMILES string of the molecule is COCc1ccc(Br)cc1C1CCNC1. The van der Waals surface area contributed by atoms with Crippen molar-refractivity contribution in [2.75, 3.05) is 20.2 Å². The van der Waals surface area contributed by atoms with Crippen LogP contribution in [0.2, 0.25) is 0 Å². The zero-order valence-electron chi connectivity index (χ0n) is 8.92. The summed E-state index contributed by atoms with van der Waals surface area (Å²) < 4.78 is 6.39. The second-order valence-electron chi connectivity index (χ2n) is 3.97. The second-order valence-corrected chi connectivity index (χ2v) is 4.88. The molecule has 0 aliphatic carbocycles. The van der Waals surface area contributed by atoms with Gasteiger partial charge in [-0.05, 0) is 42.1 Å². The van der Waals surface area contributed by atoms with Crippen LogP contribution in [0.3, 0.4) is 0 Å². The van der Waals surface area contributed by atoms with E-state index in [1.54, 1.807) is 7.11 Å². The van der Waals surface area contributed by atoms with E-state index in [-0.39, 0.29) is 0 Å². The standard InChI is InChI=1S/C12H16BrNO/c1-15-8-10-2-3-11(13)6-12(10)9-4-5-14-7-9/h2-3,6,9,14H,4-5,7-8H2,1H3. The van der Waals surface area contributed by atoms with Gasteiger partial charge in [-0.1, -0.05) is 22.0 Å². The van der Waals surface area contributed by atoms with Gasteiger partial charge in [-0.2, -0.15) is 0 Å². The highest BCUT2D eigenvalue weighted by Gasteiger charge is 2.19. The number of nitrogens with one attached hydrogen (secondary N) is 1. The minimum atomic E-state index is 0.646. The van der Waals surface area contributed by atoms with Gasteiger partial charge in [0.15, 0.2) is 0 Å². The molecule has 1 aliphatic rings. The van der Waals surface area contributed by atoms with Crippen molar-refractivity contribution in [1.29, 1.82) is 0 Å². The normalized spacial score (nSPS) is 20.8. The van der Waals surface area contributed by atoms with Crippen LogP contribution in [0.15, 0.2) is 22.7 Å². The van der Waals surface area contributed by atoms with E-state index in [4.69, 9.17) is 4.74 Å². The minimum absolute atomic E-state index is 0.646. The number of hydrogen-bond donors (Lipinski definition) is 1. The summed E-state index contributed by atoms with van der Waals surface area (Å²) in [7, 11) is 1.75. The van der Waals surface area contributed by atoms with Gasteiger partial charge in [0.1, 0.15) is 0 Å². The molecule has 0 radical (unpaired) electrons. The largest absolute Gasteiger partial charge is 0.380 e. The topological polar surface area (TPSA) is 21.3 Å². The summed E-state index contributed by atoms with van der Waals surface area (Å²) in [5.74, 6) is 0.646. The highest BCUT2D eigenvalue weighted by Crippen LogP contribution is 2.28. The molecule has 82 valence electrons. The first-order valence-electron chi connectivity index (χ1n) is 5.29. The average molecular weight is 270 g/mol. The smallest absolute Gasteiger partial charge is 0.0715 e. The summed E-state index contributed by atoms with van der Waals surface area (Å²) in [6, 6.07) is 6.47. The zero-order valence-corrected chi connectivity index (χ0v) is 10.5. The lowest BCUT2D eigenvalue weighted by Gasteiger charge is -2.14. The molecule has 1 N–H and O–H groups in total. The Balaban J connectivity index is 2.28. The molecule has 1 aromatic rings. The molecular formula is C12H16BrNO. The lowest BCUT2D eigenvalue weighted by atomic mass is 9.94. The third-order valence-electron chi connectivity index (χ3n) is 2.91. The summed E-state index contributed by atoms with van der Waals surface area (Å²) in [6.07, 6.45) is 1.23. The van der Waals surface area contributed by atoms with Crippen molar-refractivity contribution in [2.45, 2.75) is 18.9 Å². The van der Waals surface area contributed by atoms with Gasteiger partial charge in [-0.3, -0.25) is 0 Å². The van der Waals surface area contributed by atoms with Gasteiger partial charge >= 0.3 is 0 Å². The van der Waals surface area contributed by atoms with Crippen LogP contribution in [0.4, 0.5) is 0 Å². The van der Waals surface area contributed by atoms with Crippen LogP contribution in [0.25, 0.3) is 0 Å². The first-order valence-corrected chi connectivity index (χ1v) is 6.08. The Bertz CT molecular complexity index is 334. The summed E-state index contributed by atoms with van der Waals surface area (Å²) >= 11 is 3.53. The maximum absolute atomic E-state index is 5.23. The maximum atomic E-state index is 5.23. The number of methoxy groups -OCH3 is 1. The molecule has 1 aliphatic heterocycles. The van der Waals surface area contributed by atoms with Gasteiger partial charge in [-0.25, -0.2) is 0 Å². The fourth-order valence-corrected chi connectivity index (χ4v) is 2.53. The molecule has 1 heterocycles. The predicted octanol–water partition coefficient (Wildman–Crippen LogP) is 2.67.